The fraction of sp³-hybridized carbons (Fsp3) is 0.227. The van der Waals surface area contributed by atoms with E-state index >= 15 is 0 Å². The van der Waals surface area contributed by atoms with E-state index in [9.17, 15) is 9.59 Å². The largest absolute Gasteiger partial charge is 0.334 e. The summed E-state index contributed by atoms with van der Waals surface area (Å²) in [4.78, 5) is 31.6. The van der Waals surface area contributed by atoms with E-state index < -0.39 is 0 Å². The summed E-state index contributed by atoms with van der Waals surface area (Å²) in [6.45, 7) is 0.526. The summed E-state index contributed by atoms with van der Waals surface area (Å²) < 4.78 is 0. The minimum atomic E-state index is -0.377. The number of pyridine rings is 1. The number of carbonyl (C=O) groups excluding carboxylic acids is 2. The lowest BCUT2D eigenvalue weighted by Gasteiger charge is -2.43. The van der Waals surface area contributed by atoms with Crippen LogP contribution in [0.25, 0.3) is 10.8 Å². The fourth-order valence-corrected chi connectivity index (χ4v) is 4.27. The predicted octanol–water partition coefficient (Wildman–Crippen LogP) is 3.01. The first kappa shape index (κ1) is 16.9. The number of carbonyl (C=O) groups is 2. The Labute approximate surface area is 162 Å². The standard InChI is InChI=1S/C22H20N4O2/c27-21-17-12-24-18(14-6-2-1-3-7-14)10-19(17)25-22(28)26(21)20-13-23-11-15-8-4-5-9-16(15)20/h1-9,11,13,17-19,24H,10,12H2,(H,25,28). The Hall–Kier alpha value is -3.25. The Morgan fingerprint density at radius 1 is 0.964 bits per heavy atom. The number of nitrogens with zero attached hydrogens (tertiary/aromatic N) is 2. The molecule has 3 unspecified atom stereocenters. The van der Waals surface area contributed by atoms with Crippen LogP contribution in [0.2, 0.25) is 0 Å². The topological polar surface area (TPSA) is 74.3 Å². The van der Waals surface area contributed by atoms with Crippen molar-refractivity contribution in [2.45, 2.75) is 18.5 Å². The fourth-order valence-electron chi connectivity index (χ4n) is 4.27. The van der Waals surface area contributed by atoms with Crippen LogP contribution in [0.3, 0.4) is 0 Å². The third-order valence-electron chi connectivity index (χ3n) is 5.70. The summed E-state index contributed by atoms with van der Waals surface area (Å²) in [5, 5.41) is 8.27. The Balaban J connectivity index is 1.45. The van der Waals surface area contributed by atoms with Crippen molar-refractivity contribution in [1.29, 1.82) is 0 Å². The van der Waals surface area contributed by atoms with Crippen molar-refractivity contribution in [1.82, 2.24) is 15.6 Å². The molecule has 2 N–H and O–H groups in total. The Kier molecular flexibility index (Phi) is 4.06. The molecule has 0 bridgehead atoms. The molecule has 0 saturated carbocycles. The van der Waals surface area contributed by atoms with Gasteiger partial charge in [0.05, 0.1) is 17.8 Å². The van der Waals surface area contributed by atoms with Crippen LogP contribution in [0.4, 0.5) is 10.5 Å². The van der Waals surface area contributed by atoms with Crippen LogP contribution < -0.4 is 15.5 Å². The van der Waals surface area contributed by atoms with Crippen molar-refractivity contribution in [2.75, 3.05) is 11.4 Å². The second-order valence-electron chi connectivity index (χ2n) is 7.32. The molecule has 0 spiro atoms. The molecule has 0 radical (unpaired) electrons. The van der Waals surface area contributed by atoms with Crippen molar-refractivity contribution in [3.05, 3.63) is 72.6 Å². The molecule has 0 aliphatic carbocycles. The first-order valence-electron chi connectivity index (χ1n) is 9.48. The van der Waals surface area contributed by atoms with Gasteiger partial charge in [-0.15, -0.1) is 0 Å². The molecule has 6 nitrogen and oxygen atoms in total. The summed E-state index contributed by atoms with van der Waals surface area (Å²) in [6.07, 6.45) is 4.01. The molecule has 2 aliphatic rings. The van der Waals surface area contributed by atoms with Gasteiger partial charge < -0.3 is 10.6 Å². The molecule has 3 aromatic rings. The zero-order valence-electron chi connectivity index (χ0n) is 15.2. The maximum absolute atomic E-state index is 13.3. The zero-order chi connectivity index (χ0) is 19.1. The normalized spacial score (nSPS) is 24.7. The number of hydrogen-bond acceptors (Lipinski definition) is 4. The van der Waals surface area contributed by atoms with E-state index in [1.807, 2.05) is 42.5 Å². The minimum absolute atomic E-state index is 0.126. The van der Waals surface area contributed by atoms with Crippen LogP contribution in [0.5, 0.6) is 0 Å². The molecule has 2 fully saturated rings. The molecule has 3 amide bonds. The first-order valence-corrected chi connectivity index (χ1v) is 9.48. The second kappa shape index (κ2) is 6.73. The Bertz CT molecular complexity index is 1050. The van der Waals surface area contributed by atoms with Gasteiger partial charge in [0.2, 0.25) is 5.91 Å². The van der Waals surface area contributed by atoms with Gasteiger partial charge in [0.25, 0.3) is 0 Å². The first-order chi connectivity index (χ1) is 13.7. The molecular weight excluding hydrogens is 352 g/mol. The average molecular weight is 372 g/mol. The highest BCUT2D eigenvalue weighted by Crippen LogP contribution is 2.33. The quantitative estimate of drug-likeness (QED) is 0.725. The van der Waals surface area contributed by atoms with Gasteiger partial charge in [-0.05, 0) is 12.0 Å². The number of benzene rings is 2. The number of amides is 3. The van der Waals surface area contributed by atoms with Gasteiger partial charge in [-0.3, -0.25) is 9.78 Å². The van der Waals surface area contributed by atoms with E-state index in [0.717, 1.165) is 10.8 Å². The van der Waals surface area contributed by atoms with Crippen LogP contribution >= 0.6 is 0 Å². The summed E-state index contributed by atoms with van der Waals surface area (Å²) in [5.74, 6) is -0.470. The molecule has 2 aromatic carbocycles. The van der Waals surface area contributed by atoms with Crippen molar-refractivity contribution < 1.29 is 9.59 Å². The molecule has 5 rings (SSSR count). The molecule has 3 heterocycles. The van der Waals surface area contributed by atoms with Crippen LogP contribution in [0, 0.1) is 5.92 Å². The summed E-state index contributed by atoms with van der Waals surface area (Å²) in [5.41, 5.74) is 1.70. The molecule has 2 saturated heterocycles. The summed E-state index contributed by atoms with van der Waals surface area (Å²) >= 11 is 0. The van der Waals surface area contributed by atoms with E-state index in [2.05, 4.69) is 27.8 Å². The average Bonchev–Trinajstić information content (AvgIpc) is 2.74. The number of hydrogen-bond donors (Lipinski definition) is 2. The number of urea groups is 1. The maximum atomic E-state index is 13.3. The minimum Gasteiger partial charge on any atom is -0.334 e. The lowest BCUT2D eigenvalue weighted by Crippen LogP contribution is -2.65. The SMILES string of the molecule is O=C1NC2CC(c3ccccc3)NCC2C(=O)N1c1cncc2ccccc12. The molecule has 140 valence electrons. The van der Waals surface area contributed by atoms with Crippen LogP contribution in [0.15, 0.2) is 67.0 Å². The van der Waals surface area contributed by atoms with E-state index in [4.69, 9.17) is 0 Å². The van der Waals surface area contributed by atoms with Gasteiger partial charge in [-0.2, -0.15) is 0 Å². The smallest absolute Gasteiger partial charge is 0.329 e. The number of aromatic nitrogens is 1. The number of imide groups is 1. The Morgan fingerprint density at radius 3 is 2.61 bits per heavy atom. The van der Waals surface area contributed by atoms with E-state index in [0.29, 0.717) is 18.7 Å². The third kappa shape index (κ3) is 2.73. The van der Waals surface area contributed by atoms with Crippen molar-refractivity contribution in [3.63, 3.8) is 0 Å². The van der Waals surface area contributed by atoms with Gasteiger partial charge in [-0.1, -0.05) is 54.6 Å². The maximum Gasteiger partial charge on any atom is 0.329 e. The van der Waals surface area contributed by atoms with Crippen LogP contribution in [-0.4, -0.2) is 29.5 Å². The molecule has 3 atom stereocenters. The zero-order valence-corrected chi connectivity index (χ0v) is 15.2. The number of piperidine rings is 1. The third-order valence-corrected chi connectivity index (χ3v) is 5.70. The molecule has 6 heteroatoms. The number of anilines is 1. The highest BCUT2D eigenvalue weighted by Gasteiger charge is 2.45. The number of nitrogens with one attached hydrogen (secondary N) is 2. The van der Waals surface area contributed by atoms with Crippen molar-refractivity contribution in [2.24, 2.45) is 5.92 Å². The molecule has 2 aliphatic heterocycles. The van der Waals surface area contributed by atoms with E-state index in [1.54, 1.807) is 12.4 Å². The van der Waals surface area contributed by atoms with Crippen LogP contribution in [-0.2, 0) is 4.79 Å². The Morgan fingerprint density at radius 2 is 1.75 bits per heavy atom. The van der Waals surface area contributed by atoms with Gasteiger partial charge >= 0.3 is 6.03 Å². The van der Waals surface area contributed by atoms with Crippen molar-refractivity contribution >= 4 is 28.4 Å². The highest BCUT2D eigenvalue weighted by molar-refractivity contribution is 6.20. The van der Waals surface area contributed by atoms with E-state index in [-0.39, 0.29) is 29.9 Å². The van der Waals surface area contributed by atoms with Crippen molar-refractivity contribution in [3.8, 4) is 0 Å². The molecular formula is C22H20N4O2. The predicted molar refractivity (Wildman–Crippen MR) is 107 cm³/mol. The van der Waals surface area contributed by atoms with Gasteiger partial charge in [0.15, 0.2) is 0 Å². The van der Waals surface area contributed by atoms with Gasteiger partial charge in [-0.25, -0.2) is 9.69 Å². The molecule has 28 heavy (non-hydrogen) atoms. The van der Waals surface area contributed by atoms with Gasteiger partial charge in [0, 0.05) is 35.6 Å². The molecule has 1 aromatic heterocycles. The highest BCUT2D eigenvalue weighted by atomic mass is 16.2. The van der Waals surface area contributed by atoms with Crippen LogP contribution in [0.1, 0.15) is 18.0 Å². The summed E-state index contributed by atoms with van der Waals surface area (Å²) in [7, 11) is 0. The van der Waals surface area contributed by atoms with E-state index in [1.165, 1.54) is 10.5 Å². The second-order valence-corrected chi connectivity index (χ2v) is 7.32. The lowest BCUT2D eigenvalue weighted by molar-refractivity contribution is -0.124. The number of rotatable bonds is 2. The monoisotopic (exact) mass is 372 g/mol. The number of fused-ring (bicyclic) bond motifs is 2. The lowest BCUT2D eigenvalue weighted by atomic mass is 9.84. The summed E-state index contributed by atoms with van der Waals surface area (Å²) in [6, 6.07) is 17.3. The van der Waals surface area contributed by atoms with Gasteiger partial charge in [0.1, 0.15) is 0 Å².